The lowest BCUT2D eigenvalue weighted by molar-refractivity contribution is -0.124. The van der Waals surface area contributed by atoms with Crippen LogP contribution in [0.1, 0.15) is 18.0 Å². The molecule has 0 spiro atoms. The predicted octanol–water partition coefficient (Wildman–Crippen LogP) is 0.219. The van der Waals surface area contributed by atoms with Gasteiger partial charge >= 0.3 is 0 Å². The molecule has 1 aromatic carbocycles. The fourth-order valence-electron chi connectivity index (χ4n) is 1.64. The highest BCUT2D eigenvalue weighted by atomic mass is 19.1. The maximum atomic E-state index is 12.7. The molecule has 4 nitrogen and oxygen atoms in total. The van der Waals surface area contributed by atoms with E-state index in [-0.39, 0.29) is 17.8 Å². The molecule has 2 unspecified atom stereocenters. The molecule has 1 saturated heterocycles. The topological polar surface area (TPSA) is 67.1 Å². The van der Waals surface area contributed by atoms with E-state index in [1.165, 1.54) is 12.1 Å². The Hall–Kier alpha value is -1.46. The fraction of sp³-hybridized carbons (Fsp3) is 0.300. The van der Waals surface area contributed by atoms with Crippen LogP contribution in [0.3, 0.4) is 0 Å². The minimum Gasteiger partial charge on any atom is -0.328 e. The van der Waals surface area contributed by atoms with Crippen molar-refractivity contribution >= 4 is 5.91 Å². The minimum atomic E-state index is -0.540. The number of carbonyl (C=O) groups is 1. The molecule has 1 amide bonds. The van der Waals surface area contributed by atoms with Crippen molar-refractivity contribution in [2.24, 2.45) is 5.73 Å². The highest BCUT2D eigenvalue weighted by molar-refractivity contribution is 5.77. The van der Waals surface area contributed by atoms with Crippen LogP contribution in [0, 0.1) is 5.82 Å². The van der Waals surface area contributed by atoms with Gasteiger partial charge in [-0.1, -0.05) is 12.1 Å². The van der Waals surface area contributed by atoms with E-state index in [0.717, 1.165) is 5.56 Å². The van der Waals surface area contributed by atoms with Gasteiger partial charge in [0.25, 0.3) is 0 Å². The minimum absolute atomic E-state index is 0.101. The number of nitrogens with two attached hydrogens (primary N) is 1. The SMILES string of the molecule is NC1NC(=O)CC(c2ccc(F)cc2)N1. The Kier molecular flexibility index (Phi) is 2.66. The first-order valence-electron chi connectivity index (χ1n) is 4.71. The van der Waals surface area contributed by atoms with Crippen molar-refractivity contribution in [3.05, 3.63) is 35.6 Å². The molecule has 15 heavy (non-hydrogen) atoms. The van der Waals surface area contributed by atoms with Gasteiger partial charge in [-0.25, -0.2) is 4.39 Å². The molecule has 2 atom stereocenters. The first-order valence-corrected chi connectivity index (χ1v) is 4.71. The number of nitrogens with one attached hydrogen (secondary N) is 2. The van der Waals surface area contributed by atoms with Crippen LogP contribution >= 0.6 is 0 Å². The summed E-state index contributed by atoms with van der Waals surface area (Å²) in [6.45, 7) is 0. The molecular formula is C10H12FN3O. The molecule has 80 valence electrons. The number of halogens is 1. The first-order chi connectivity index (χ1) is 7.15. The van der Waals surface area contributed by atoms with Crippen molar-refractivity contribution in [1.29, 1.82) is 0 Å². The van der Waals surface area contributed by atoms with Crippen LogP contribution in [0.15, 0.2) is 24.3 Å². The predicted molar refractivity (Wildman–Crippen MR) is 53.0 cm³/mol. The Morgan fingerprint density at radius 1 is 1.33 bits per heavy atom. The number of amides is 1. The summed E-state index contributed by atoms with van der Waals surface area (Å²) in [5, 5.41) is 5.55. The van der Waals surface area contributed by atoms with Crippen molar-refractivity contribution in [2.75, 3.05) is 0 Å². The van der Waals surface area contributed by atoms with Crippen molar-refractivity contribution in [1.82, 2.24) is 10.6 Å². The van der Waals surface area contributed by atoms with Crippen LogP contribution in [0.4, 0.5) is 4.39 Å². The van der Waals surface area contributed by atoms with E-state index in [1.54, 1.807) is 12.1 Å². The van der Waals surface area contributed by atoms with Gasteiger partial charge in [-0.15, -0.1) is 0 Å². The van der Waals surface area contributed by atoms with E-state index in [1.807, 2.05) is 0 Å². The van der Waals surface area contributed by atoms with Gasteiger partial charge in [0.15, 0.2) is 0 Å². The summed E-state index contributed by atoms with van der Waals surface area (Å²) >= 11 is 0. The van der Waals surface area contributed by atoms with E-state index in [2.05, 4.69) is 10.6 Å². The molecule has 0 radical (unpaired) electrons. The third-order valence-electron chi connectivity index (χ3n) is 2.36. The molecule has 0 saturated carbocycles. The number of carbonyl (C=O) groups excluding carboxylic acids is 1. The second-order valence-corrected chi connectivity index (χ2v) is 3.52. The van der Waals surface area contributed by atoms with Gasteiger partial charge < -0.3 is 5.32 Å². The molecule has 5 heteroatoms. The van der Waals surface area contributed by atoms with Gasteiger partial charge in [-0.2, -0.15) is 0 Å². The summed E-state index contributed by atoms with van der Waals surface area (Å²) in [5.74, 6) is -0.390. The van der Waals surface area contributed by atoms with Crippen LogP contribution in [0.25, 0.3) is 0 Å². The summed E-state index contributed by atoms with van der Waals surface area (Å²) < 4.78 is 12.7. The largest absolute Gasteiger partial charge is 0.328 e. The first kappa shape index (κ1) is 10.1. The Morgan fingerprint density at radius 3 is 2.60 bits per heavy atom. The van der Waals surface area contributed by atoms with Crippen molar-refractivity contribution in [3.63, 3.8) is 0 Å². The van der Waals surface area contributed by atoms with Crippen LogP contribution in [-0.2, 0) is 4.79 Å². The van der Waals surface area contributed by atoms with Gasteiger partial charge in [0.1, 0.15) is 12.1 Å². The molecule has 1 fully saturated rings. The normalized spacial score (nSPS) is 26.1. The lowest BCUT2D eigenvalue weighted by Crippen LogP contribution is -2.57. The van der Waals surface area contributed by atoms with Crippen molar-refractivity contribution in [3.8, 4) is 0 Å². The smallest absolute Gasteiger partial charge is 0.224 e. The van der Waals surface area contributed by atoms with Gasteiger partial charge in [0.2, 0.25) is 5.91 Å². The van der Waals surface area contributed by atoms with Crippen LogP contribution in [0.2, 0.25) is 0 Å². The van der Waals surface area contributed by atoms with Crippen LogP contribution in [0.5, 0.6) is 0 Å². The molecule has 0 bridgehead atoms. The molecule has 1 aromatic rings. The summed E-state index contributed by atoms with van der Waals surface area (Å²) in [4.78, 5) is 11.2. The number of hydrogen-bond donors (Lipinski definition) is 3. The second kappa shape index (κ2) is 3.96. The number of rotatable bonds is 1. The monoisotopic (exact) mass is 209 g/mol. The second-order valence-electron chi connectivity index (χ2n) is 3.52. The van der Waals surface area contributed by atoms with E-state index in [9.17, 15) is 9.18 Å². The Bertz CT molecular complexity index is 365. The zero-order chi connectivity index (χ0) is 10.8. The summed E-state index contributed by atoms with van der Waals surface area (Å²) in [6, 6.07) is 5.90. The Balaban J connectivity index is 2.16. The average molecular weight is 209 g/mol. The van der Waals surface area contributed by atoms with Crippen LogP contribution in [-0.4, -0.2) is 12.2 Å². The molecule has 1 aliphatic rings. The Labute approximate surface area is 86.7 Å². The van der Waals surface area contributed by atoms with Crippen LogP contribution < -0.4 is 16.4 Å². The van der Waals surface area contributed by atoms with E-state index in [4.69, 9.17) is 5.73 Å². The van der Waals surface area contributed by atoms with Gasteiger partial charge in [-0.05, 0) is 17.7 Å². The summed E-state index contributed by atoms with van der Waals surface area (Å²) in [7, 11) is 0. The molecule has 0 aliphatic carbocycles. The molecule has 2 rings (SSSR count). The Morgan fingerprint density at radius 2 is 2.00 bits per heavy atom. The molecule has 1 heterocycles. The van der Waals surface area contributed by atoms with Gasteiger partial charge in [-0.3, -0.25) is 15.8 Å². The van der Waals surface area contributed by atoms with Gasteiger partial charge in [0.05, 0.1) is 0 Å². The molecule has 4 N–H and O–H groups in total. The standard InChI is InChI=1S/C10H12FN3O/c11-7-3-1-6(2-4-7)8-5-9(15)14-10(12)13-8/h1-4,8,10,13H,5,12H2,(H,14,15). The van der Waals surface area contributed by atoms with E-state index < -0.39 is 6.29 Å². The third-order valence-corrected chi connectivity index (χ3v) is 2.36. The number of benzene rings is 1. The summed E-state index contributed by atoms with van der Waals surface area (Å²) in [6.07, 6.45) is -0.222. The lowest BCUT2D eigenvalue weighted by atomic mass is 10.0. The maximum absolute atomic E-state index is 12.7. The summed E-state index contributed by atoms with van der Waals surface area (Å²) in [5.41, 5.74) is 6.43. The zero-order valence-electron chi connectivity index (χ0n) is 8.03. The fourth-order valence-corrected chi connectivity index (χ4v) is 1.64. The van der Waals surface area contributed by atoms with Crippen molar-refractivity contribution in [2.45, 2.75) is 18.8 Å². The van der Waals surface area contributed by atoms with E-state index in [0.29, 0.717) is 6.42 Å². The molecule has 1 aliphatic heterocycles. The van der Waals surface area contributed by atoms with Gasteiger partial charge in [0, 0.05) is 12.5 Å². The highest BCUT2D eigenvalue weighted by Crippen LogP contribution is 2.19. The lowest BCUT2D eigenvalue weighted by Gasteiger charge is -2.29. The van der Waals surface area contributed by atoms with E-state index >= 15 is 0 Å². The maximum Gasteiger partial charge on any atom is 0.224 e. The molecule has 0 aromatic heterocycles. The molecular weight excluding hydrogens is 197 g/mol. The highest BCUT2D eigenvalue weighted by Gasteiger charge is 2.24. The number of hydrogen-bond acceptors (Lipinski definition) is 3. The third kappa shape index (κ3) is 2.31. The average Bonchev–Trinajstić information content (AvgIpc) is 2.17. The quantitative estimate of drug-likeness (QED) is 0.619. The zero-order valence-corrected chi connectivity index (χ0v) is 8.03. The van der Waals surface area contributed by atoms with Crippen molar-refractivity contribution < 1.29 is 9.18 Å².